The van der Waals surface area contributed by atoms with E-state index < -0.39 is 0 Å². The molecule has 18 heavy (non-hydrogen) atoms. The van der Waals surface area contributed by atoms with E-state index >= 15 is 0 Å². The molecular formula is C14H20N4. The molecule has 1 atom stereocenters. The summed E-state index contributed by atoms with van der Waals surface area (Å²) < 4.78 is 0. The summed E-state index contributed by atoms with van der Waals surface area (Å²) in [6, 6.07) is 10.8. The summed E-state index contributed by atoms with van der Waals surface area (Å²) in [6.07, 6.45) is 1.77. The lowest BCUT2D eigenvalue weighted by atomic mass is 10.1. The topological polar surface area (TPSA) is 44.0 Å². The van der Waals surface area contributed by atoms with Crippen molar-refractivity contribution in [2.45, 2.75) is 19.5 Å². The van der Waals surface area contributed by atoms with Gasteiger partial charge < -0.3 is 10.2 Å². The monoisotopic (exact) mass is 244 g/mol. The van der Waals surface area contributed by atoms with E-state index in [1.54, 1.807) is 6.20 Å². The van der Waals surface area contributed by atoms with Crippen LogP contribution < -0.4 is 5.32 Å². The van der Waals surface area contributed by atoms with Crippen molar-refractivity contribution in [3.8, 4) is 0 Å². The first-order chi connectivity index (χ1) is 8.65. The van der Waals surface area contributed by atoms with Gasteiger partial charge >= 0.3 is 0 Å². The van der Waals surface area contributed by atoms with Gasteiger partial charge in [-0.3, -0.25) is 5.10 Å². The number of hydrogen-bond donors (Lipinski definition) is 2. The predicted octanol–water partition coefficient (Wildman–Crippen LogP) is 2.64. The molecule has 4 nitrogen and oxygen atoms in total. The van der Waals surface area contributed by atoms with Gasteiger partial charge in [-0.15, -0.1) is 0 Å². The third-order valence-corrected chi connectivity index (χ3v) is 2.82. The van der Waals surface area contributed by atoms with E-state index in [9.17, 15) is 0 Å². The number of nitrogens with zero attached hydrogens (tertiary/aromatic N) is 2. The van der Waals surface area contributed by atoms with Crippen molar-refractivity contribution in [2.75, 3.05) is 19.4 Å². The van der Waals surface area contributed by atoms with Crippen LogP contribution in [0.2, 0.25) is 0 Å². The molecule has 0 radical (unpaired) electrons. The van der Waals surface area contributed by atoms with E-state index in [2.05, 4.69) is 65.7 Å². The molecule has 0 amide bonds. The minimum absolute atomic E-state index is 0.229. The Bertz CT molecular complexity index is 459. The van der Waals surface area contributed by atoms with Crippen molar-refractivity contribution in [1.29, 1.82) is 0 Å². The summed E-state index contributed by atoms with van der Waals surface area (Å²) in [5.74, 6) is 0. The molecule has 4 heteroatoms. The summed E-state index contributed by atoms with van der Waals surface area (Å²) in [7, 11) is 4.15. The number of hydrogen-bond acceptors (Lipinski definition) is 3. The molecule has 0 bridgehead atoms. The molecule has 0 aliphatic heterocycles. The van der Waals surface area contributed by atoms with E-state index in [4.69, 9.17) is 0 Å². The molecule has 0 aliphatic rings. The summed E-state index contributed by atoms with van der Waals surface area (Å²) in [5, 5.41) is 10.4. The third kappa shape index (κ3) is 3.34. The molecule has 0 fully saturated rings. The highest BCUT2D eigenvalue weighted by molar-refractivity contribution is 5.46. The van der Waals surface area contributed by atoms with Crippen molar-refractivity contribution < 1.29 is 0 Å². The van der Waals surface area contributed by atoms with Gasteiger partial charge in [-0.25, -0.2) is 0 Å². The lowest BCUT2D eigenvalue weighted by molar-refractivity contribution is 0.402. The molecule has 2 rings (SSSR count). The summed E-state index contributed by atoms with van der Waals surface area (Å²) >= 11 is 0. The van der Waals surface area contributed by atoms with Gasteiger partial charge in [0.05, 0.1) is 11.7 Å². The van der Waals surface area contributed by atoms with E-state index in [0.717, 1.165) is 17.9 Å². The van der Waals surface area contributed by atoms with Crippen molar-refractivity contribution in [3.05, 3.63) is 47.8 Å². The lowest BCUT2D eigenvalue weighted by Crippen LogP contribution is -2.11. The number of benzene rings is 1. The Balaban J connectivity index is 1.98. The molecule has 1 heterocycles. The van der Waals surface area contributed by atoms with Crippen LogP contribution in [0.1, 0.15) is 24.2 Å². The van der Waals surface area contributed by atoms with E-state index in [0.29, 0.717) is 0 Å². The van der Waals surface area contributed by atoms with Gasteiger partial charge in [0.15, 0.2) is 0 Å². The number of nitrogens with one attached hydrogen (secondary N) is 2. The Morgan fingerprint density at radius 1 is 1.22 bits per heavy atom. The second-order valence-electron chi connectivity index (χ2n) is 4.81. The van der Waals surface area contributed by atoms with Crippen molar-refractivity contribution in [1.82, 2.24) is 15.1 Å². The number of aromatic amines is 1. The Labute approximate surface area is 108 Å². The largest absolute Gasteiger partial charge is 0.377 e. The molecular weight excluding hydrogens is 224 g/mol. The fraction of sp³-hybridized carbons (Fsp3) is 0.357. The van der Waals surface area contributed by atoms with Crippen LogP contribution in [0, 0.1) is 0 Å². The zero-order valence-corrected chi connectivity index (χ0v) is 11.1. The molecule has 2 aromatic rings. The molecule has 0 spiro atoms. The average molecular weight is 244 g/mol. The van der Waals surface area contributed by atoms with Crippen LogP contribution in [0.15, 0.2) is 36.5 Å². The summed E-state index contributed by atoms with van der Waals surface area (Å²) in [6.45, 7) is 3.08. The van der Waals surface area contributed by atoms with E-state index in [1.165, 1.54) is 5.56 Å². The maximum absolute atomic E-state index is 3.96. The average Bonchev–Trinajstić information content (AvgIpc) is 2.84. The smallest absolute Gasteiger partial charge is 0.0651 e. The highest BCUT2D eigenvalue weighted by atomic mass is 15.1. The van der Waals surface area contributed by atoms with Crippen LogP contribution in [0.25, 0.3) is 0 Å². The number of rotatable bonds is 5. The second-order valence-corrected chi connectivity index (χ2v) is 4.81. The van der Waals surface area contributed by atoms with Gasteiger partial charge in [0.1, 0.15) is 0 Å². The number of anilines is 1. The summed E-state index contributed by atoms with van der Waals surface area (Å²) in [4.78, 5) is 2.16. The van der Waals surface area contributed by atoms with Crippen LogP contribution in [0.3, 0.4) is 0 Å². The number of aromatic nitrogens is 2. The van der Waals surface area contributed by atoms with Crippen molar-refractivity contribution in [3.63, 3.8) is 0 Å². The fourth-order valence-corrected chi connectivity index (χ4v) is 1.91. The third-order valence-electron chi connectivity index (χ3n) is 2.82. The van der Waals surface area contributed by atoms with E-state index in [-0.39, 0.29) is 6.04 Å². The first kappa shape index (κ1) is 12.6. The normalized spacial score (nSPS) is 12.7. The lowest BCUT2D eigenvalue weighted by Gasteiger charge is -2.15. The van der Waals surface area contributed by atoms with Crippen LogP contribution in [0.5, 0.6) is 0 Å². The van der Waals surface area contributed by atoms with Crippen LogP contribution in [-0.4, -0.2) is 29.2 Å². The highest BCUT2D eigenvalue weighted by Gasteiger charge is 2.06. The number of H-pyrrole nitrogens is 1. The maximum Gasteiger partial charge on any atom is 0.0651 e. The first-order valence-electron chi connectivity index (χ1n) is 6.14. The van der Waals surface area contributed by atoms with Gasteiger partial charge in [-0.2, -0.15) is 5.10 Å². The molecule has 2 N–H and O–H groups in total. The molecule has 0 saturated heterocycles. The van der Waals surface area contributed by atoms with Gasteiger partial charge in [-0.05, 0) is 44.8 Å². The molecule has 0 saturated carbocycles. The van der Waals surface area contributed by atoms with Crippen LogP contribution in [0.4, 0.5) is 5.69 Å². The van der Waals surface area contributed by atoms with Gasteiger partial charge in [0, 0.05) is 18.4 Å². The SMILES string of the molecule is CC(Nc1ccc(CN(C)C)cc1)c1ccn[nH]1. The Morgan fingerprint density at radius 2 is 1.94 bits per heavy atom. The standard InChI is InChI=1S/C14H20N4/c1-11(14-8-9-15-17-14)16-13-6-4-12(5-7-13)10-18(2)3/h4-9,11,16H,10H2,1-3H3,(H,15,17). The molecule has 1 unspecified atom stereocenters. The van der Waals surface area contributed by atoms with Crippen molar-refractivity contribution >= 4 is 5.69 Å². The Hall–Kier alpha value is -1.81. The molecule has 0 aliphatic carbocycles. The van der Waals surface area contributed by atoms with E-state index in [1.807, 2.05) is 6.07 Å². The zero-order valence-electron chi connectivity index (χ0n) is 11.1. The highest BCUT2D eigenvalue weighted by Crippen LogP contribution is 2.17. The zero-order chi connectivity index (χ0) is 13.0. The first-order valence-corrected chi connectivity index (χ1v) is 6.14. The molecule has 1 aromatic carbocycles. The molecule has 96 valence electrons. The molecule has 1 aromatic heterocycles. The quantitative estimate of drug-likeness (QED) is 0.849. The van der Waals surface area contributed by atoms with Gasteiger partial charge in [0.2, 0.25) is 0 Å². The summed E-state index contributed by atoms with van der Waals surface area (Å²) in [5.41, 5.74) is 3.53. The van der Waals surface area contributed by atoms with Crippen LogP contribution in [-0.2, 0) is 6.54 Å². The van der Waals surface area contributed by atoms with Crippen molar-refractivity contribution in [2.24, 2.45) is 0 Å². The minimum atomic E-state index is 0.229. The Kier molecular flexibility index (Phi) is 3.99. The predicted molar refractivity (Wildman–Crippen MR) is 74.5 cm³/mol. The Morgan fingerprint density at radius 3 is 2.50 bits per heavy atom. The van der Waals surface area contributed by atoms with Crippen LogP contribution >= 0.6 is 0 Å². The minimum Gasteiger partial charge on any atom is -0.377 e. The van der Waals surface area contributed by atoms with Gasteiger partial charge in [0.25, 0.3) is 0 Å². The fourth-order valence-electron chi connectivity index (χ4n) is 1.91. The maximum atomic E-state index is 3.96. The second kappa shape index (κ2) is 5.69. The van der Waals surface area contributed by atoms with Gasteiger partial charge in [-0.1, -0.05) is 12.1 Å².